The van der Waals surface area contributed by atoms with Crippen molar-refractivity contribution in [1.29, 1.82) is 0 Å². The Balaban J connectivity index is 1.30. The fourth-order valence-electron chi connectivity index (χ4n) is 5.20. The van der Waals surface area contributed by atoms with Gasteiger partial charge in [0.15, 0.2) is 23.6 Å². The van der Waals surface area contributed by atoms with Gasteiger partial charge in [0.25, 0.3) is 0 Å². The second-order valence-electron chi connectivity index (χ2n) is 10.6. The molecule has 2 aromatic rings. The fourth-order valence-corrected chi connectivity index (χ4v) is 5.20. The maximum Gasteiger partial charge on any atom is 0.229 e. The smallest absolute Gasteiger partial charge is 0.229 e. The maximum absolute atomic E-state index is 12.9. The van der Waals surface area contributed by atoms with E-state index in [2.05, 4.69) is 0 Å². The molecule has 3 heterocycles. The van der Waals surface area contributed by atoms with Crippen molar-refractivity contribution in [3.63, 3.8) is 0 Å². The lowest BCUT2D eigenvalue weighted by molar-refractivity contribution is -0.318. The van der Waals surface area contributed by atoms with Crippen LogP contribution in [0.2, 0.25) is 0 Å². The SMILES string of the molecule is COc1ccc([C@@H]2CC(=O)c3c(O)cc(O[C@H]4O[C@@H](CO[C@@H]5O[C@H](C)[C@@H](O)[C@@H](O)[C@@H]5O)[C@H](O)[C@@H](O)[C@@H]4O)cc3O2)cc1O. The van der Waals surface area contributed by atoms with Gasteiger partial charge in [-0.05, 0) is 24.6 Å². The van der Waals surface area contributed by atoms with Gasteiger partial charge in [-0.1, -0.05) is 6.07 Å². The molecule has 11 atom stereocenters. The Kier molecular flexibility index (Phi) is 8.99. The van der Waals surface area contributed by atoms with Crippen LogP contribution in [-0.4, -0.2) is 122 Å². The number of carbonyl (C=O) groups is 1. The van der Waals surface area contributed by atoms with E-state index in [4.69, 9.17) is 28.4 Å². The average Bonchev–Trinajstić information content (AvgIpc) is 2.97. The number of ketones is 1. The van der Waals surface area contributed by atoms with E-state index in [-0.39, 0.29) is 35.0 Å². The van der Waals surface area contributed by atoms with E-state index < -0.39 is 85.7 Å². The van der Waals surface area contributed by atoms with Gasteiger partial charge in [0.2, 0.25) is 6.29 Å². The highest BCUT2D eigenvalue weighted by atomic mass is 16.7. The van der Waals surface area contributed by atoms with Crippen molar-refractivity contribution in [3.8, 4) is 28.7 Å². The van der Waals surface area contributed by atoms with Crippen LogP contribution in [0.15, 0.2) is 30.3 Å². The first-order valence-electron chi connectivity index (χ1n) is 13.5. The number of methoxy groups -OCH3 is 1. The number of aliphatic hydroxyl groups excluding tert-OH is 6. The Hall–Kier alpha value is -3.25. The van der Waals surface area contributed by atoms with Crippen LogP contribution in [0.3, 0.4) is 0 Å². The highest BCUT2D eigenvalue weighted by molar-refractivity contribution is 6.02. The van der Waals surface area contributed by atoms with Gasteiger partial charge in [-0.3, -0.25) is 4.79 Å². The molecule has 0 amide bonds. The molecule has 43 heavy (non-hydrogen) atoms. The number of aromatic hydroxyl groups is 2. The van der Waals surface area contributed by atoms with E-state index in [0.29, 0.717) is 5.56 Å². The van der Waals surface area contributed by atoms with Gasteiger partial charge >= 0.3 is 0 Å². The zero-order chi connectivity index (χ0) is 31.2. The first-order valence-corrected chi connectivity index (χ1v) is 13.5. The van der Waals surface area contributed by atoms with E-state index >= 15 is 0 Å². The standard InChI is InChI=1S/C28H34O15/c1-10-21(32)23(34)25(36)27(40-10)39-9-19-22(33)24(35)26(37)28(43-19)41-12-6-14(30)20-15(31)8-17(42-18(20)7-12)11-3-4-16(38-2)13(29)5-11/h3-7,10,17,19,21-30,32-37H,8-9H2,1-2H3/t10-,17+,19+,21-,22+,23-,24-,25+,26+,27-,28+/m1/s1. The number of hydrogen-bond acceptors (Lipinski definition) is 15. The lowest BCUT2D eigenvalue weighted by atomic mass is 9.95. The van der Waals surface area contributed by atoms with Crippen molar-refractivity contribution < 1.29 is 74.1 Å². The zero-order valence-corrected chi connectivity index (χ0v) is 23.1. The largest absolute Gasteiger partial charge is 0.507 e. The lowest BCUT2D eigenvalue weighted by Gasteiger charge is -2.42. The molecule has 0 aromatic heterocycles. The van der Waals surface area contributed by atoms with Gasteiger partial charge in [-0.25, -0.2) is 0 Å². The maximum atomic E-state index is 12.9. The van der Waals surface area contributed by atoms with E-state index in [1.807, 2.05) is 0 Å². The van der Waals surface area contributed by atoms with Gasteiger partial charge in [0, 0.05) is 12.1 Å². The molecule has 0 spiro atoms. The van der Waals surface area contributed by atoms with Crippen LogP contribution >= 0.6 is 0 Å². The minimum absolute atomic E-state index is 0.0457. The Morgan fingerprint density at radius 1 is 0.837 bits per heavy atom. The Morgan fingerprint density at radius 2 is 1.53 bits per heavy atom. The summed E-state index contributed by atoms with van der Waals surface area (Å²) >= 11 is 0. The second-order valence-corrected chi connectivity index (χ2v) is 10.6. The topological polar surface area (TPSA) is 234 Å². The molecule has 8 N–H and O–H groups in total. The highest BCUT2D eigenvalue weighted by Gasteiger charge is 2.47. The summed E-state index contributed by atoms with van der Waals surface area (Å²) in [5, 5.41) is 82.2. The molecule has 0 unspecified atom stereocenters. The van der Waals surface area contributed by atoms with Crippen LogP contribution in [0, 0.1) is 0 Å². The van der Waals surface area contributed by atoms with Crippen LogP contribution in [0.1, 0.15) is 35.4 Å². The van der Waals surface area contributed by atoms with Crippen molar-refractivity contribution in [2.24, 2.45) is 0 Å². The Labute approximate surface area is 245 Å². The van der Waals surface area contributed by atoms with E-state index in [9.17, 15) is 45.6 Å². The van der Waals surface area contributed by atoms with Gasteiger partial charge in [0.05, 0.1) is 26.2 Å². The van der Waals surface area contributed by atoms with E-state index in [0.717, 1.165) is 6.07 Å². The van der Waals surface area contributed by atoms with Crippen LogP contribution in [0.25, 0.3) is 0 Å². The molecule has 2 aromatic carbocycles. The van der Waals surface area contributed by atoms with Crippen LogP contribution in [0.4, 0.5) is 0 Å². The number of benzene rings is 2. The quantitative estimate of drug-likeness (QED) is 0.185. The molecule has 15 nitrogen and oxygen atoms in total. The van der Waals surface area contributed by atoms with Gasteiger partial charge < -0.3 is 69.3 Å². The average molecular weight is 611 g/mol. The number of ether oxygens (including phenoxy) is 6. The summed E-state index contributed by atoms with van der Waals surface area (Å²) in [6.07, 6.45) is -15.9. The van der Waals surface area contributed by atoms with Crippen LogP contribution in [-0.2, 0) is 14.2 Å². The Bertz CT molecular complexity index is 1320. The zero-order valence-electron chi connectivity index (χ0n) is 23.1. The predicted octanol–water partition coefficient (Wildman–Crippen LogP) is -1.16. The molecule has 2 saturated heterocycles. The molecule has 236 valence electrons. The minimum atomic E-state index is -1.77. The van der Waals surface area contributed by atoms with Crippen molar-refractivity contribution in [2.75, 3.05) is 13.7 Å². The molecule has 0 aliphatic carbocycles. The molecule has 3 aliphatic heterocycles. The van der Waals surface area contributed by atoms with Crippen molar-refractivity contribution in [3.05, 3.63) is 41.5 Å². The van der Waals surface area contributed by atoms with Crippen molar-refractivity contribution >= 4 is 5.78 Å². The third-order valence-electron chi connectivity index (χ3n) is 7.70. The Morgan fingerprint density at radius 3 is 2.23 bits per heavy atom. The molecule has 3 aliphatic rings. The predicted molar refractivity (Wildman–Crippen MR) is 141 cm³/mol. The summed E-state index contributed by atoms with van der Waals surface area (Å²) in [5.41, 5.74) is 0.373. The number of aliphatic hydroxyl groups is 6. The summed E-state index contributed by atoms with van der Waals surface area (Å²) < 4.78 is 33.1. The summed E-state index contributed by atoms with van der Waals surface area (Å²) in [5.74, 6) is -0.999. The molecular formula is C28H34O15. The first-order chi connectivity index (χ1) is 20.4. The summed E-state index contributed by atoms with van der Waals surface area (Å²) in [6, 6.07) is 6.90. The second kappa shape index (κ2) is 12.4. The number of phenolic OH excluding ortho intramolecular Hbond substituents is 2. The monoisotopic (exact) mass is 610 g/mol. The molecule has 15 heteroatoms. The third kappa shape index (κ3) is 6.08. The lowest BCUT2D eigenvalue weighted by Crippen LogP contribution is -2.61. The number of phenols is 2. The molecule has 5 rings (SSSR count). The van der Waals surface area contributed by atoms with E-state index in [1.54, 1.807) is 6.07 Å². The molecule has 0 radical (unpaired) electrons. The minimum Gasteiger partial charge on any atom is -0.507 e. The normalized spacial score (nSPS) is 36.0. The third-order valence-corrected chi connectivity index (χ3v) is 7.70. The summed E-state index contributed by atoms with van der Waals surface area (Å²) in [7, 11) is 1.39. The van der Waals surface area contributed by atoms with Gasteiger partial charge in [-0.15, -0.1) is 0 Å². The summed E-state index contributed by atoms with van der Waals surface area (Å²) in [4.78, 5) is 12.9. The van der Waals surface area contributed by atoms with E-state index in [1.165, 1.54) is 32.2 Å². The van der Waals surface area contributed by atoms with Gasteiger partial charge in [0.1, 0.15) is 71.6 Å². The number of rotatable bonds is 7. The first kappa shape index (κ1) is 31.2. The number of hydrogen-bond donors (Lipinski definition) is 8. The molecular weight excluding hydrogens is 576 g/mol. The van der Waals surface area contributed by atoms with Crippen LogP contribution < -0.4 is 14.2 Å². The fraction of sp³-hybridized carbons (Fsp3) is 0.536. The van der Waals surface area contributed by atoms with Crippen LogP contribution in [0.5, 0.6) is 28.7 Å². The highest BCUT2D eigenvalue weighted by Crippen LogP contribution is 2.43. The summed E-state index contributed by atoms with van der Waals surface area (Å²) in [6.45, 7) is 0.964. The van der Waals surface area contributed by atoms with Crippen molar-refractivity contribution in [1.82, 2.24) is 0 Å². The number of fused-ring (bicyclic) bond motifs is 1. The number of Topliss-reactive ketones (excluding diaryl/α,β-unsaturated/α-hetero) is 1. The van der Waals surface area contributed by atoms with Crippen molar-refractivity contribution in [2.45, 2.75) is 80.9 Å². The number of carbonyl (C=O) groups excluding carboxylic acids is 1. The molecule has 0 saturated carbocycles. The molecule has 0 bridgehead atoms. The molecule has 2 fully saturated rings. The van der Waals surface area contributed by atoms with Gasteiger partial charge in [-0.2, -0.15) is 0 Å².